The standard InChI is InChI=1S/C25H15BrFNO4/c26-16-8-11-19-15(12-16)13-20(32-19)23(29)21-22(14-6-9-17(27)10-7-14)28(25(31)24(21)30)18-4-2-1-3-5-18/h1-13,22,30H. The molecular weight excluding hydrogens is 477 g/mol. The summed E-state index contributed by atoms with van der Waals surface area (Å²) < 4.78 is 20.1. The summed E-state index contributed by atoms with van der Waals surface area (Å²) in [5, 5.41) is 11.5. The summed E-state index contributed by atoms with van der Waals surface area (Å²) in [5.41, 5.74) is 1.35. The van der Waals surface area contributed by atoms with Crippen LogP contribution in [0.15, 0.2) is 99.1 Å². The van der Waals surface area contributed by atoms with E-state index in [2.05, 4.69) is 15.9 Å². The number of benzene rings is 3. The second-order valence-corrected chi connectivity index (χ2v) is 8.26. The third-order valence-corrected chi connectivity index (χ3v) is 5.87. The number of fused-ring (bicyclic) bond motifs is 1. The Bertz CT molecular complexity index is 1390. The van der Waals surface area contributed by atoms with Crippen molar-refractivity contribution in [2.24, 2.45) is 0 Å². The molecule has 2 heterocycles. The van der Waals surface area contributed by atoms with Gasteiger partial charge in [0.2, 0.25) is 5.78 Å². The third-order valence-electron chi connectivity index (χ3n) is 5.38. The van der Waals surface area contributed by atoms with E-state index < -0.39 is 29.3 Å². The minimum atomic E-state index is -0.946. The van der Waals surface area contributed by atoms with Gasteiger partial charge >= 0.3 is 0 Å². The molecule has 0 fully saturated rings. The number of ketones is 1. The van der Waals surface area contributed by atoms with E-state index in [9.17, 15) is 19.1 Å². The lowest BCUT2D eigenvalue weighted by Gasteiger charge is -2.26. The van der Waals surface area contributed by atoms with Crippen molar-refractivity contribution in [1.82, 2.24) is 0 Å². The normalized spacial score (nSPS) is 16.2. The van der Waals surface area contributed by atoms with E-state index in [1.54, 1.807) is 54.6 Å². The van der Waals surface area contributed by atoms with Gasteiger partial charge in [-0.25, -0.2) is 4.39 Å². The minimum Gasteiger partial charge on any atom is -0.503 e. The van der Waals surface area contributed by atoms with Crippen molar-refractivity contribution in [3.63, 3.8) is 0 Å². The summed E-state index contributed by atoms with van der Waals surface area (Å²) in [4.78, 5) is 27.9. The van der Waals surface area contributed by atoms with Gasteiger partial charge in [0, 0.05) is 15.5 Å². The lowest BCUT2D eigenvalue weighted by Crippen LogP contribution is -2.31. The fourth-order valence-electron chi connectivity index (χ4n) is 3.91. The summed E-state index contributed by atoms with van der Waals surface area (Å²) >= 11 is 3.38. The number of halogens is 2. The molecule has 0 saturated heterocycles. The molecule has 0 radical (unpaired) electrons. The molecule has 0 bridgehead atoms. The number of furan rings is 1. The third kappa shape index (κ3) is 3.31. The first-order chi connectivity index (χ1) is 15.4. The van der Waals surface area contributed by atoms with Gasteiger partial charge in [0.05, 0.1) is 11.6 Å². The highest BCUT2D eigenvalue weighted by atomic mass is 79.9. The largest absolute Gasteiger partial charge is 0.503 e. The summed E-state index contributed by atoms with van der Waals surface area (Å²) in [6.45, 7) is 0. The first-order valence-corrected chi connectivity index (χ1v) is 10.5. The van der Waals surface area contributed by atoms with Crippen molar-refractivity contribution in [2.75, 3.05) is 4.90 Å². The maximum absolute atomic E-state index is 13.6. The van der Waals surface area contributed by atoms with Crippen LogP contribution in [0.25, 0.3) is 11.0 Å². The van der Waals surface area contributed by atoms with Gasteiger partial charge in [-0.05, 0) is 54.1 Å². The quantitative estimate of drug-likeness (QED) is 0.349. The Hall–Kier alpha value is -3.71. The van der Waals surface area contributed by atoms with E-state index in [0.717, 1.165) is 4.47 Å². The molecule has 4 aromatic rings. The first kappa shape index (κ1) is 20.2. The molecule has 1 aromatic heterocycles. The summed E-state index contributed by atoms with van der Waals surface area (Å²) in [7, 11) is 0. The Labute approximate surface area is 190 Å². The van der Waals surface area contributed by atoms with Gasteiger partial charge in [0.25, 0.3) is 5.91 Å². The predicted molar refractivity (Wildman–Crippen MR) is 121 cm³/mol. The number of rotatable bonds is 4. The highest BCUT2D eigenvalue weighted by Gasteiger charge is 2.45. The van der Waals surface area contributed by atoms with Crippen molar-refractivity contribution < 1.29 is 23.5 Å². The Morgan fingerprint density at radius 1 is 1.00 bits per heavy atom. The number of aliphatic hydroxyl groups is 1. The second-order valence-electron chi connectivity index (χ2n) is 7.35. The highest BCUT2D eigenvalue weighted by molar-refractivity contribution is 9.10. The molecule has 158 valence electrons. The van der Waals surface area contributed by atoms with E-state index in [1.807, 2.05) is 0 Å². The monoisotopic (exact) mass is 491 g/mol. The van der Waals surface area contributed by atoms with Crippen LogP contribution in [-0.2, 0) is 4.79 Å². The summed E-state index contributed by atoms with van der Waals surface area (Å²) in [6, 6.07) is 20.1. The lowest BCUT2D eigenvalue weighted by atomic mass is 9.94. The van der Waals surface area contributed by atoms with Crippen LogP contribution in [0.2, 0.25) is 0 Å². The summed E-state index contributed by atoms with van der Waals surface area (Å²) in [5.74, 6) is -2.44. The maximum atomic E-state index is 13.6. The molecule has 0 saturated carbocycles. The number of carbonyl (C=O) groups is 2. The molecule has 5 nitrogen and oxygen atoms in total. The molecule has 7 heteroatoms. The molecule has 1 aliphatic heterocycles. The van der Waals surface area contributed by atoms with Gasteiger partial charge in [0.1, 0.15) is 11.4 Å². The number of hydrogen-bond donors (Lipinski definition) is 1. The first-order valence-electron chi connectivity index (χ1n) is 9.75. The SMILES string of the molecule is O=C(C1=C(O)C(=O)N(c2ccccc2)C1c1ccc(F)cc1)c1cc2cc(Br)ccc2o1. The van der Waals surface area contributed by atoms with Crippen LogP contribution in [0.5, 0.6) is 0 Å². The molecule has 32 heavy (non-hydrogen) atoms. The molecule has 1 N–H and O–H groups in total. The van der Waals surface area contributed by atoms with Crippen molar-refractivity contribution in [1.29, 1.82) is 0 Å². The van der Waals surface area contributed by atoms with Crippen molar-refractivity contribution in [3.05, 3.63) is 112 Å². The fraction of sp³-hybridized carbons (Fsp3) is 0.0400. The van der Waals surface area contributed by atoms with Gasteiger partial charge in [-0.1, -0.05) is 46.3 Å². The van der Waals surface area contributed by atoms with Gasteiger partial charge in [-0.2, -0.15) is 0 Å². The lowest BCUT2D eigenvalue weighted by molar-refractivity contribution is -0.117. The van der Waals surface area contributed by atoms with Crippen LogP contribution >= 0.6 is 15.9 Å². The number of amides is 1. The molecule has 5 rings (SSSR count). The van der Waals surface area contributed by atoms with Crippen molar-refractivity contribution in [2.45, 2.75) is 6.04 Å². The van der Waals surface area contributed by atoms with Gasteiger partial charge in [-0.3, -0.25) is 14.5 Å². The molecule has 3 aromatic carbocycles. The van der Waals surface area contributed by atoms with Gasteiger partial charge in [-0.15, -0.1) is 0 Å². The maximum Gasteiger partial charge on any atom is 0.294 e. The van der Waals surface area contributed by atoms with E-state index in [1.165, 1.54) is 29.2 Å². The number of nitrogens with zero attached hydrogens (tertiary/aromatic N) is 1. The van der Waals surface area contributed by atoms with Crippen LogP contribution in [0.3, 0.4) is 0 Å². The molecule has 1 amide bonds. The molecule has 1 unspecified atom stereocenters. The van der Waals surface area contributed by atoms with Crippen LogP contribution in [-0.4, -0.2) is 16.8 Å². The predicted octanol–water partition coefficient (Wildman–Crippen LogP) is 6.12. The Morgan fingerprint density at radius 2 is 1.72 bits per heavy atom. The molecule has 0 aliphatic carbocycles. The smallest absolute Gasteiger partial charge is 0.294 e. The molecule has 1 atom stereocenters. The average molecular weight is 492 g/mol. The van der Waals surface area contributed by atoms with E-state index in [0.29, 0.717) is 22.2 Å². The molecule has 0 spiro atoms. The number of aliphatic hydroxyl groups excluding tert-OH is 1. The van der Waals surface area contributed by atoms with Gasteiger partial charge in [0.15, 0.2) is 11.5 Å². The van der Waals surface area contributed by atoms with Crippen LogP contribution < -0.4 is 4.90 Å². The van der Waals surface area contributed by atoms with Crippen molar-refractivity contribution >= 4 is 44.3 Å². The zero-order valence-corrected chi connectivity index (χ0v) is 18.0. The minimum absolute atomic E-state index is 0.00512. The Kier molecular flexibility index (Phi) is 4.90. The highest BCUT2D eigenvalue weighted by Crippen LogP contribution is 2.42. The van der Waals surface area contributed by atoms with Crippen molar-refractivity contribution in [3.8, 4) is 0 Å². The van der Waals surface area contributed by atoms with E-state index in [-0.39, 0.29) is 11.3 Å². The fourth-order valence-corrected chi connectivity index (χ4v) is 4.29. The summed E-state index contributed by atoms with van der Waals surface area (Å²) in [6.07, 6.45) is 0. The van der Waals surface area contributed by atoms with Crippen LogP contribution in [0, 0.1) is 5.82 Å². The number of Topliss-reactive ketones (excluding diaryl/α,β-unsaturated/α-hetero) is 1. The number of anilines is 1. The molecule has 1 aliphatic rings. The number of hydrogen-bond acceptors (Lipinski definition) is 4. The Balaban J connectivity index is 1.66. The van der Waals surface area contributed by atoms with Crippen LogP contribution in [0.4, 0.5) is 10.1 Å². The topological polar surface area (TPSA) is 70.8 Å². The van der Waals surface area contributed by atoms with Crippen LogP contribution in [0.1, 0.15) is 22.2 Å². The zero-order valence-electron chi connectivity index (χ0n) is 16.5. The average Bonchev–Trinajstić information content (AvgIpc) is 3.33. The number of carbonyl (C=O) groups excluding carboxylic acids is 2. The Morgan fingerprint density at radius 3 is 2.44 bits per heavy atom. The van der Waals surface area contributed by atoms with Gasteiger partial charge < -0.3 is 9.52 Å². The molecular formula is C25H15BrFNO4. The zero-order chi connectivity index (χ0) is 22.4. The van der Waals surface area contributed by atoms with E-state index in [4.69, 9.17) is 4.42 Å². The number of para-hydroxylation sites is 1. The van der Waals surface area contributed by atoms with E-state index >= 15 is 0 Å². The second kappa shape index (κ2) is 7.76.